The van der Waals surface area contributed by atoms with Gasteiger partial charge in [-0.05, 0) is 58.3 Å². The molecular weight excluding hydrogens is 288 g/mol. The molecule has 1 N–H and O–H groups in total. The molecule has 1 fully saturated rings. The molecule has 0 aromatic carbocycles. The Labute approximate surface area is 140 Å². The van der Waals surface area contributed by atoms with E-state index in [0.717, 1.165) is 24.8 Å². The van der Waals surface area contributed by atoms with Crippen LogP contribution in [0.1, 0.15) is 53.4 Å². The van der Waals surface area contributed by atoms with Gasteiger partial charge >= 0.3 is 5.97 Å². The highest BCUT2D eigenvalue weighted by molar-refractivity contribution is 5.91. The minimum Gasteiger partial charge on any atom is -0.462 e. The fraction of sp³-hybridized carbons (Fsp3) is 0.650. The number of hydrogen-bond donors (Lipinski definition) is 1. The van der Waals surface area contributed by atoms with Gasteiger partial charge in [-0.15, -0.1) is 0 Å². The van der Waals surface area contributed by atoms with E-state index < -0.39 is 6.10 Å². The topological polar surface area (TPSA) is 46.5 Å². The number of rotatable bonds is 4. The van der Waals surface area contributed by atoms with Crippen LogP contribution < -0.4 is 0 Å². The number of fused-ring (bicyclic) bond motifs is 1. The van der Waals surface area contributed by atoms with Gasteiger partial charge in [0.1, 0.15) is 0 Å². The van der Waals surface area contributed by atoms with Gasteiger partial charge in [0, 0.05) is 11.5 Å². The van der Waals surface area contributed by atoms with Crippen molar-refractivity contribution in [2.75, 3.05) is 6.61 Å². The summed E-state index contributed by atoms with van der Waals surface area (Å²) in [6.07, 6.45) is 9.40. The maximum absolute atomic E-state index is 12.0. The average molecular weight is 318 g/mol. The first-order chi connectivity index (χ1) is 10.9. The summed E-state index contributed by atoms with van der Waals surface area (Å²) < 4.78 is 5.30. The second-order valence-electron chi connectivity index (χ2n) is 7.34. The number of allylic oxidation sites excluding steroid dienone is 4. The summed E-state index contributed by atoms with van der Waals surface area (Å²) in [5, 5.41) is 10.8. The van der Waals surface area contributed by atoms with E-state index in [0.29, 0.717) is 18.9 Å². The molecule has 0 radical (unpaired) electrons. The number of ether oxygens (including phenoxy) is 1. The van der Waals surface area contributed by atoms with Crippen molar-refractivity contribution in [1.29, 1.82) is 0 Å². The molecule has 1 unspecified atom stereocenters. The molecule has 0 bridgehead atoms. The predicted molar refractivity (Wildman–Crippen MR) is 92.8 cm³/mol. The Kier molecular flexibility index (Phi) is 6.23. The van der Waals surface area contributed by atoms with Gasteiger partial charge in [0.05, 0.1) is 12.7 Å². The third-order valence-electron chi connectivity index (χ3n) is 5.10. The second-order valence-corrected chi connectivity index (χ2v) is 7.34. The lowest BCUT2D eigenvalue weighted by Crippen LogP contribution is -2.34. The molecule has 2 aliphatic rings. The molecule has 0 aromatic rings. The zero-order valence-corrected chi connectivity index (χ0v) is 14.8. The van der Waals surface area contributed by atoms with Crippen molar-refractivity contribution in [3.8, 4) is 0 Å². The minimum atomic E-state index is -0.422. The second kappa shape index (κ2) is 7.96. The summed E-state index contributed by atoms with van der Waals surface area (Å²) in [6, 6.07) is 0. The van der Waals surface area contributed by atoms with E-state index in [9.17, 15) is 9.90 Å². The van der Waals surface area contributed by atoms with Crippen LogP contribution in [0.4, 0.5) is 0 Å². The molecule has 1 heterocycles. The Morgan fingerprint density at radius 1 is 1.43 bits per heavy atom. The van der Waals surface area contributed by atoms with Crippen LogP contribution in [0.5, 0.6) is 0 Å². The molecule has 1 saturated heterocycles. The van der Waals surface area contributed by atoms with Crippen molar-refractivity contribution < 1.29 is 14.6 Å². The summed E-state index contributed by atoms with van der Waals surface area (Å²) in [5.74, 6) is 0.240. The Balaban J connectivity index is 2.23. The van der Waals surface area contributed by atoms with Gasteiger partial charge in [-0.25, -0.2) is 4.79 Å². The maximum atomic E-state index is 12.0. The fourth-order valence-corrected chi connectivity index (χ4v) is 3.85. The first-order valence-electron chi connectivity index (χ1n) is 8.74. The summed E-state index contributed by atoms with van der Waals surface area (Å²) in [4.78, 5) is 12.0. The van der Waals surface area contributed by atoms with Gasteiger partial charge in [0.2, 0.25) is 0 Å². The van der Waals surface area contributed by atoms with Gasteiger partial charge in [-0.1, -0.05) is 36.3 Å². The number of aliphatic hydroxyl groups is 1. The van der Waals surface area contributed by atoms with Crippen molar-refractivity contribution in [2.24, 2.45) is 17.8 Å². The molecule has 128 valence electrons. The van der Waals surface area contributed by atoms with Crippen LogP contribution in [0, 0.1) is 17.8 Å². The standard InChI is InChI=1S/C20H30O3/c1-13(2)7-5-9-15(4)19-17-12-23-20(22)16(17)10-6-8-14(3)11-18(19)21/h7-8,10,15,17-19,21H,5-6,9,11-12H2,1-4H3/b14-8+,16-10+/t15-,17?,18-,19+/m1/s1. The average Bonchev–Trinajstić information content (AvgIpc) is 2.82. The molecule has 4 atom stereocenters. The third-order valence-corrected chi connectivity index (χ3v) is 5.10. The molecule has 1 aliphatic carbocycles. The molecule has 0 spiro atoms. The Morgan fingerprint density at radius 3 is 2.87 bits per heavy atom. The van der Waals surface area contributed by atoms with Crippen LogP contribution in [0.3, 0.4) is 0 Å². The number of aliphatic hydroxyl groups excluding tert-OH is 1. The van der Waals surface area contributed by atoms with Crippen LogP contribution in [0.15, 0.2) is 34.9 Å². The minimum absolute atomic E-state index is 0.0264. The van der Waals surface area contributed by atoms with E-state index in [1.165, 1.54) is 11.1 Å². The number of hydrogen-bond acceptors (Lipinski definition) is 3. The third kappa shape index (κ3) is 4.57. The molecule has 3 heteroatoms. The highest BCUT2D eigenvalue weighted by atomic mass is 16.5. The van der Waals surface area contributed by atoms with E-state index in [2.05, 4.69) is 39.8 Å². The fourth-order valence-electron chi connectivity index (χ4n) is 3.85. The first-order valence-corrected chi connectivity index (χ1v) is 8.74. The van der Waals surface area contributed by atoms with Gasteiger partial charge < -0.3 is 9.84 Å². The number of cyclic esters (lactones) is 1. The number of esters is 1. The molecule has 0 saturated carbocycles. The molecule has 1 aliphatic heterocycles. The molecular formula is C20H30O3. The van der Waals surface area contributed by atoms with E-state index in [1.807, 2.05) is 6.08 Å². The van der Waals surface area contributed by atoms with Gasteiger partial charge in [0.25, 0.3) is 0 Å². The van der Waals surface area contributed by atoms with Crippen LogP contribution in [0.2, 0.25) is 0 Å². The normalized spacial score (nSPS) is 33.8. The van der Waals surface area contributed by atoms with Gasteiger partial charge in [-0.3, -0.25) is 0 Å². The molecule has 2 rings (SSSR count). The number of carbonyl (C=O) groups excluding carboxylic acids is 1. The smallest absolute Gasteiger partial charge is 0.334 e. The molecule has 0 aromatic heterocycles. The first kappa shape index (κ1) is 18.0. The largest absolute Gasteiger partial charge is 0.462 e. The number of carbonyl (C=O) groups is 1. The monoisotopic (exact) mass is 318 g/mol. The van der Waals surface area contributed by atoms with E-state index in [1.54, 1.807) is 0 Å². The lowest BCUT2D eigenvalue weighted by molar-refractivity contribution is -0.135. The SMILES string of the molecule is CC(C)=CCC[C@@H](C)[C@H]1C2COC(=O)/C2=C/C/C=C(\C)C[C@H]1O. The summed E-state index contributed by atoms with van der Waals surface area (Å²) in [6.45, 7) is 8.89. The van der Waals surface area contributed by atoms with Gasteiger partial charge in [0.15, 0.2) is 0 Å². The zero-order valence-electron chi connectivity index (χ0n) is 14.8. The van der Waals surface area contributed by atoms with E-state index in [4.69, 9.17) is 4.74 Å². The quantitative estimate of drug-likeness (QED) is 0.624. The van der Waals surface area contributed by atoms with Crippen molar-refractivity contribution in [3.05, 3.63) is 34.9 Å². The van der Waals surface area contributed by atoms with Crippen molar-refractivity contribution >= 4 is 5.97 Å². The molecule has 3 nitrogen and oxygen atoms in total. The summed E-state index contributed by atoms with van der Waals surface area (Å²) in [5.41, 5.74) is 3.30. The van der Waals surface area contributed by atoms with E-state index >= 15 is 0 Å². The maximum Gasteiger partial charge on any atom is 0.334 e. The highest BCUT2D eigenvalue weighted by Crippen LogP contribution is 2.39. The zero-order chi connectivity index (χ0) is 17.0. The summed E-state index contributed by atoms with van der Waals surface area (Å²) in [7, 11) is 0. The van der Waals surface area contributed by atoms with Crippen molar-refractivity contribution in [2.45, 2.75) is 59.5 Å². The van der Waals surface area contributed by atoms with Crippen molar-refractivity contribution in [3.63, 3.8) is 0 Å². The highest BCUT2D eigenvalue weighted by Gasteiger charge is 2.41. The van der Waals surface area contributed by atoms with Crippen molar-refractivity contribution in [1.82, 2.24) is 0 Å². The lowest BCUT2D eigenvalue weighted by Gasteiger charge is -2.32. The summed E-state index contributed by atoms with van der Waals surface area (Å²) >= 11 is 0. The Bertz CT molecular complexity index is 523. The van der Waals surface area contributed by atoms with Crippen LogP contribution in [-0.4, -0.2) is 23.8 Å². The van der Waals surface area contributed by atoms with E-state index in [-0.39, 0.29) is 17.8 Å². The molecule has 0 amide bonds. The predicted octanol–water partition coefficient (Wildman–Crippen LogP) is 4.19. The van der Waals surface area contributed by atoms with Gasteiger partial charge in [-0.2, -0.15) is 0 Å². The van der Waals surface area contributed by atoms with Crippen LogP contribution in [0.25, 0.3) is 0 Å². The van der Waals surface area contributed by atoms with Crippen LogP contribution >= 0.6 is 0 Å². The molecule has 23 heavy (non-hydrogen) atoms. The lowest BCUT2D eigenvalue weighted by atomic mass is 9.73. The Morgan fingerprint density at radius 2 is 2.17 bits per heavy atom. The Hall–Kier alpha value is -1.35. The van der Waals surface area contributed by atoms with Crippen LogP contribution in [-0.2, 0) is 9.53 Å².